The van der Waals surface area contributed by atoms with E-state index in [9.17, 15) is 4.79 Å². The first kappa shape index (κ1) is 14.1. The van der Waals surface area contributed by atoms with Gasteiger partial charge in [-0.25, -0.2) is 4.40 Å². The monoisotopic (exact) mass is 264 g/mol. The lowest BCUT2D eigenvalue weighted by Gasteiger charge is -2.01. The molecule has 0 fully saturated rings. The van der Waals surface area contributed by atoms with E-state index in [1.807, 2.05) is 6.07 Å². The highest BCUT2D eigenvalue weighted by atomic mass is 32.2. The fourth-order valence-electron chi connectivity index (χ4n) is 1.10. The topological polar surface area (TPSA) is 71.7 Å². The number of esters is 1. The molecule has 0 amide bonds. The Kier molecular flexibility index (Phi) is 5.74. The van der Waals surface area contributed by atoms with Gasteiger partial charge in [-0.1, -0.05) is 0 Å². The van der Waals surface area contributed by atoms with E-state index < -0.39 is 0 Å². The minimum atomic E-state index is -0.379. The highest BCUT2D eigenvalue weighted by Gasteiger charge is 2.04. The van der Waals surface area contributed by atoms with E-state index in [0.717, 1.165) is 11.9 Å². The molecule has 6 heteroatoms. The third-order valence-electron chi connectivity index (χ3n) is 2.04. The minimum Gasteiger partial charge on any atom is -0.497 e. The number of rotatable bonds is 5. The van der Waals surface area contributed by atoms with Crippen molar-refractivity contribution in [3.63, 3.8) is 0 Å². The van der Waals surface area contributed by atoms with Crippen LogP contribution in [-0.2, 0) is 9.53 Å². The molecule has 0 aliphatic heterocycles. The molecule has 18 heavy (non-hydrogen) atoms. The molecule has 0 saturated carbocycles. The van der Waals surface area contributed by atoms with E-state index in [-0.39, 0.29) is 17.4 Å². The third kappa shape index (κ3) is 4.11. The summed E-state index contributed by atoms with van der Waals surface area (Å²) in [6, 6.07) is 8.94. The molecule has 0 spiro atoms. The van der Waals surface area contributed by atoms with Crippen LogP contribution in [0.15, 0.2) is 28.7 Å². The number of nitrogens with zero attached hydrogens (tertiary/aromatic N) is 2. The van der Waals surface area contributed by atoms with E-state index in [0.29, 0.717) is 11.3 Å². The fourth-order valence-corrected chi connectivity index (χ4v) is 1.66. The van der Waals surface area contributed by atoms with Crippen molar-refractivity contribution in [1.29, 1.82) is 5.26 Å². The number of benzene rings is 1. The third-order valence-corrected chi connectivity index (χ3v) is 2.71. The number of carbonyl (C=O) groups is 1. The van der Waals surface area contributed by atoms with Crippen LogP contribution in [0.25, 0.3) is 0 Å². The standard InChI is InChI=1S/C12H12N2O3S/c1-16-10-5-3-9(4-6-10)11(7-13)14-18-8-12(15)17-2/h3-6H,8H2,1-2H3/b14-11+. The van der Waals surface area contributed by atoms with Gasteiger partial charge in [-0.3, -0.25) is 4.79 Å². The summed E-state index contributed by atoms with van der Waals surface area (Å²) in [6.07, 6.45) is 0. The molecular weight excluding hydrogens is 252 g/mol. The average molecular weight is 264 g/mol. The molecule has 0 aromatic heterocycles. The van der Waals surface area contributed by atoms with Crippen molar-refractivity contribution in [2.75, 3.05) is 20.0 Å². The Bertz CT molecular complexity index is 477. The zero-order valence-corrected chi connectivity index (χ0v) is 10.9. The Hall–Kier alpha value is -2.00. The van der Waals surface area contributed by atoms with Gasteiger partial charge in [0.2, 0.25) is 0 Å². The second-order valence-corrected chi connectivity index (χ2v) is 3.86. The molecule has 0 aliphatic carbocycles. The summed E-state index contributed by atoms with van der Waals surface area (Å²) >= 11 is 0.983. The summed E-state index contributed by atoms with van der Waals surface area (Å²) < 4.78 is 13.5. The molecule has 0 radical (unpaired) electrons. The smallest absolute Gasteiger partial charge is 0.317 e. The van der Waals surface area contributed by atoms with E-state index >= 15 is 0 Å². The van der Waals surface area contributed by atoms with Crippen LogP contribution in [0.4, 0.5) is 0 Å². The van der Waals surface area contributed by atoms with Gasteiger partial charge in [0.15, 0.2) is 5.71 Å². The van der Waals surface area contributed by atoms with E-state index in [1.165, 1.54) is 7.11 Å². The molecule has 0 bridgehead atoms. The molecule has 1 aromatic rings. The Morgan fingerprint density at radius 1 is 1.39 bits per heavy atom. The lowest BCUT2D eigenvalue weighted by atomic mass is 10.1. The SMILES string of the molecule is COC(=O)CS/N=C(\C#N)c1ccc(OC)cc1. The van der Waals surface area contributed by atoms with Crippen molar-refractivity contribution >= 4 is 23.6 Å². The van der Waals surface area contributed by atoms with E-state index in [2.05, 4.69) is 9.13 Å². The van der Waals surface area contributed by atoms with E-state index in [1.54, 1.807) is 31.4 Å². The summed E-state index contributed by atoms with van der Waals surface area (Å²) in [7, 11) is 2.88. The molecular formula is C12H12N2O3S. The summed E-state index contributed by atoms with van der Waals surface area (Å²) in [5.41, 5.74) is 0.933. The maximum Gasteiger partial charge on any atom is 0.317 e. The maximum absolute atomic E-state index is 10.9. The van der Waals surface area contributed by atoms with Crippen LogP contribution in [0.2, 0.25) is 0 Å². The first-order valence-electron chi connectivity index (χ1n) is 5.02. The summed E-state index contributed by atoms with van der Waals surface area (Å²) in [5.74, 6) is 0.409. The van der Waals surface area contributed by atoms with E-state index in [4.69, 9.17) is 10.00 Å². The average Bonchev–Trinajstić information content (AvgIpc) is 2.43. The summed E-state index contributed by atoms with van der Waals surface area (Å²) in [5, 5.41) is 8.99. The van der Waals surface area contributed by atoms with Crippen LogP contribution in [-0.4, -0.2) is 31.7 Å². The van der Waals surface area contributed by atoms with Crippen LogP contribution >= 0.6 is 11.9 Å². The highest BCUT2D eigenvalue weighted by Crippen LogP contribution is 2.14. The minimum absolute atomic E-state index is 0.0812. The van der Waals surface area contributed by atoms with Gasteiger partial charge in [-0.2, -0.15) is 5.26 Å². The fraction of sp³-hybridized carbons (Fsp3) is 0.250. The quantitative estimate of drug-likeness (QED) is 0.461. The second kappa shape index (κ2) is 7.35. The predicted molar refractivity (Wildman–Crippen MR) is 69.6 cm³/mol. The van der Waals surface area contributed by atoms with Crippen LogP contribution in [0.3, 0.4) is 0 Å². The van der Waals surface area contributed by atoms with Gasteiger partial charge >= 0.3 is 5.97 Å². The molecule has 0 aliphatic rings. The van der Waals surface area contributed by atoms with Crippen molar-refractivity contribution < 1.29 is 14.3 Å². The van der Waals surface area contributed by atoms with Crippen LogP contribution in [0, 0.1) is 11.3 Å². The van der Waals surface area contributed by atoms with Crippen LogP contribution in [0.5, 0.6) is 5.75 Å². The number of hydrogen-bond acceptors (Lipinski definition) is 6. The molecule has 0 saturated heterocycles. The maximum atomic E-state index is 10.9. The van der Waals surface area contributed by atoms with Crippen molar-refractivity contribution in [1.82, 2.24) is 0 Å². The highest BCUT2D eigenvalue weighted by molar-refractivity contribution is 7.98. The Morgan fingerprint density at radius 3 is 2.56 bits per heavy atom. The summed E-state index contributed by atoms with van der Waals surface area (Å²) in [4.78, 5) is 10.9. The zero-order valence-electron chi connectivity index (χ0n) is 10.0. The molecule has 0 unspecified atom stereocenters. The lowest BCUT2D eigenvalue weighted by Crippen LogP contribution is -2.03. The van der Waals surface area contributed by atoms with Crippen LogP contribution in [0.1, 0.15) is 5.56 Å². The van der Waals surface area contributed by atoms with Crippen molar-refractivity contribution in [3.05, 3.63) is 29.8 Å². The zero-order chi connectivity index (χ0) is 13.4. The van der Waals surface area contributed by atoms with Crippen molar-refractivity contribution in [2.45, 2.75) is 0 Å². The Labute approximate surface area is 110 Å². The predicted octanol–water partition coefficient (Wildman–Crippen LogP) is 1.83. The van der Waals surface area contributed by atoms with Gasteiger partial charge in [0.05, 0.1) is 14.2 Å². The molecule has 0 atom stereocenters. The first-order valence-corrected chi connectivity index (χ1v) is 5.96. The van der Waals surface area contributed by atoms with Gasteiger partial charge in [0, 0.05) is 5.56 Å². The number of hydrogen-bond donors (Lipinski definition) is 0. The summed E-state index contributed by atoms with van der Waals surface area (Å²) in [6.45, 7) is 0. The van der Waals surface area contributed by atoms with Gasteiger partial charge in [0.1, 0.15) is 17.6 Å². The van der Waals surface area contributed by atoms with Crippen molar-refractivity contribution in [2.24, 2.45) is 4.40 Å². The molecule has 0 N–H and O–H groups in total. The number of carbonyl (C=O) groups excluding carboxylic acids is 1. The number of nitriles is 1. The van der Waals surface area contributed by atoms with Gasteiger partial charge in [-0.05, 0) is 36.2 Å². The molecule has 94 valence electrons. The normalized spacial score (nSPS) is 10.6. The lowest BCUT2D eigenvalue weighted by molar-refractivity contribution is -0.137. The molecule has 1 rings (SSSR count). The molecule has 5 nitrogen and oxygen atoms in total. The second-order valence-electron chi connectivity index (χ2n) is 3.13. The van der Waals surface area contributed by atoms with Gasteiger partial charge in [-0.15, -0.1) is 0 Å². The van der Waals surface area contributed by atoms with Crippen molar-refractivity contribution in [3.8, 4) is 11.8 Å². The van der Waals surface area contributed by atoms with Gasteiger partial charge < -0.3 is 9.47 Å². The molecule has 1 aromatic carbocycles. The first-order chi connectivity index (χ1) is 8.71. The Balaban J connectivity index is 2.73. The van der Waals surface area contributed by atoms with Gasteiger partial charge in [0.25, 0.3) is 0 Å². The van der Waals surface area contributed by atoms with Crippen LogP contribution < -0.4 is 4.74 Å². The number of methoxy groups -OCH3 is 2. The Morgan fingerprint density at radius 2 is 2.06 bits per heavy atom. The number of ether oxygens (including phenoxy) is 2. The largest absolute Gasteiger partial charge is 0.497 e. The molecule has 0 heterocycles.